The molecule has 2 aromatic carbocycles. The summed E-state index contributed by atoms with van der Waals surface area (Å²) in [7, 11) is 3.03. The summed E-state index contributed by atoms with van der Waals surface area (Å²) in [5, 5.41) is 5.71. The van der Waals surface area contributed by atoms with Crippen LogP contribution >= 0.6 is 11.6 Å². The first-order valence-electron chi connectivity index (χ1n) is 7.68. The molecule has 0 heterocycles. The minimum absolute atomic E-state index is 0.192. The van der Waals surface area contributed by atoms with Crippen molar-refractivity contribution in [2.24, 2.45) is 0 Å². The Morgan fingerprint density at radius 3 is 2.12 bits per heavy atom. The third-order valence-electron chi connectivity index (χ3n) is 3.26. The van der Waals surface area contributed by atoms with Crippen molar-refractivity contribution >= 4 is 29.1 Å². The highest BCUT2D eigenvalue weighted by Gasteiger charge is 2.09. The fourth-order valence-corrected chi connectivity index (χ4v) is 2.12. The van der Waals surface area contributed by atoms with Crippen molar-refractivity contribution in [3.05, 3.63) is 47.5 Å². The second kappa shape index (κ2) is 9.53. The third-order valence-corrected chi connectivity index (χ3v) is 3.52. The van der Waals surface area contributed by atoms with Gasteiger partial charge < -0.3 is 24.8 Å². The molecule has 2 rings (SSSR count). The third kappa shape index (κ3) is 6.18. The van der Waals surface area contributed by atoms with E-state index in [1.807, 2.05) is 0 Å². The van der Waals surface area contributed by atoms with E-state index in [4.69, 9.17) is 25.8 Å². The molecule has 0 bridgehead atoms. The number of ether oxygens (including phenoxy) is 3. The number of amides is 2. The van der Waals surface area contributed by atoms with Gasteiger partial charge in [0.1, 0.15) is 17.2 Å². The van der Waals surface area contributed by atoms with Gasteiger partial charge in [-0.15, -0.1) is 0 Å². The molecule has 0 atom stereocenters. The summed E-state index contributed by atoms with van der Waals surface area (Å²) in [6.45, 7) is -0.399. The Bertz CT molecular complexity index is 742. The lowest BCUT2D eigenvalue weighted by atomic mass is 10.2. The first-order chi connectivity index (χ1) is 12.5. The van der Waals surface area contributed by atoms with Crippen LogP contribution in [0, 0.1) is 0 Å². The molecule has 7 nitrogen and oxygen atoms in total. The molecule has 0 saturated carbocycles. The Labute approximate surface area is 156 Å². The molecule has 0 fully saturated rings. The van der Waals surface area contributed by atoms with Crippen LogP contribution in [0.5, 0.6) is 17.2 Å². The maximum atomic E-state index is 12.0. The van der Waals surface area contributed by atoms with Crippen LogP contribution in [0.3, 0.4) is 0 Å². The SMILES string of the molecule is COc1cc(NC(=O)CNC(=O)COc2ccc(Cl)cc2)cc(OC)c1. The van der Waals surface area contributed by atoms with Gasteiger partial charge in [0.2, 0.25) is 5.91 Å². The van der Waals surface area contributed by atoms with Gasteiger partial charge in [-0.1, -0.05) is 11.6 Å². The molecule has 0 saturated heterocycles. The Kier molecular flexibility index (Phi) is 7.11. The number of nitrogens with one attached hydrogen (secondary N) is 2. The molecule has 2 amide bonds. The predicted octanol–water partition coefficient (Wildman–Crippen LogP) is 2.49. The van der Waals surface area contributed by atoms with E-state index in [1.54, 1.807) is 42.5 Å². The molecule has 0 unspecified atom stereocenters. The van der Waals surface area contributed by atoms with Gasteiger partial charge in [-0.3, -0.25) is 9.59 Å². The monoisotopic (exact) mass is 378 g/mol. The number of benzene rings is 2. The van der Waals surface area contributed by atoms with Gasteiger partial charge in [0, 0.05) is 28.9 Å². The molecule has 138 valence electrons. The Hall–Kier alpha value is -2.93. The number of halogens is 1. The molecule has 26 heavy (non-hydrogen) atoms. The summed E-state index contributed by atoms with van der Waals surface area (Å²) in [5.74, 6) is 0.788. The number of anilines is 1. The summed E-state index contributed by atoms with van der Waals surface area (Å²) in [6, 6.07) is 11.6. The summed E-state index contributed by atoms with van der Waals surface area (Å²) < 4.78 is 15.6. The molecule has 0 aliphatic rings. The number of hydrogen-bond acceptors (Lipinski definition) is 5. The lowest BCUT2D eigenvalue weighted by molar-refractivity contribution is -0.125. The molecule has 8 heteroatoms. The molecular weight excluding hydrogens is 360 g/mol. The quantitative estimate of drug-likeness (QED) is 0.737. The van der Waals surface area contributed by atoms with Crippen LogP contribution < -0.4 is 24.8 Å². The van der Waals surface area contributed by atoms with Crippen molar-refractivity contribution in [2.75, 3.05) is 32.7 Å². The van der Waals surface area contributed by atoms with E-state index in [9.17, 15) is 9.59 Å². The number of hydrogen-bond donors (Lipinski definition) is 2. The highest BCUT2D eigenvalue weighted by Crippen LogP contribution is 2.25. The van der Waals surface area contributed by atoms with Crippen molar-refractivity contribution in [3.8, 4) is 17.2 Å². The average molecular weight is 379 g/mol. The summed E-state index contributed by atoms with van der Waals surface area (Å²) in [6.07, 6.45) is 0. The summed E-state index contributed by atoms with van der Waals surface area (Å²) in [4.78, 5) is 23.7. The van der Waals surface area contributed by atoms with Gasteiger partial charge in [-0.25, -0.2) is 0 Å². The molecule has 0 spiro atoms. The zero-order valence-corrected chi connectivity index (χ0v) is 15.1. The van der Waals surface area contributed by atoms with Gasteiger partial charge in [0.05, 0.1) is 20.8 Å². The highest BCUT2D eigenvalue weighted by molar-refractivity contribution is 6.30. The van der Waals surface area contributed by atoms with Crippen LogP contribution in [0.15, 0.2) is 42.5 Å². The van der Waals surface area contributed by atoms with E-state index in [0.717, 1.165) is 0 Å². The zero-order valence-electron chi connectivity index (χ0n) is 14.4. The molecule has 0 radical (unpaired) electrons. The standard InChI is InChI=1S/C18H19ClN2O5/c1-24-15-7-13(8-16(9-15)25-2)21-17(22)10-20-18(23)11-26-14-5-3-12(19)4-6-14/h3-9H,10-11H2,1-2H3,(H,20,23)(H,21,22). The number of carbonyl (C=O) groups is 2. The number of rotatable bonds is 8. The van der Waals surface area contributed by atoms with E-state index < -0.39 is 5.91 Å². The average Bonchev–Trinajstić information content (AvgIpc) is 2.65. The van der Waals surface area contributed by atoms with E-state index in [0.29, 0.717) is 28.0 Å². The Morgan fingerprint density at radius 2 is 1.54 bits per heavy atom. The van der Waals surface area contributed by atoms with E-state index >= 15 is 0 Å². The smallest absolute Gasteiger partial charge is 0.258 e. The van der Waals surface area contributed by atoms with Gasteiger partial charge in [0.15, 0.2) is 6.61 Å². The zero-order chi connectivity index (χ0) is 18.9. The van der Waals surface area contributed by atoms with Gasteiger partial charge in [-0.05, 0) is 24.3 Å². The minimum Gasteiger partial charge on any atom is -0.497 e. The van der Waals surface area contributed by atoms with Crippen molar-refractivity contribution in [3.63, 3.8) is 0 Å². The fraction of sp³-hybridized carbons (Fsp3) is 0.222. The molecule has 0 aliphatic carbocycles. The molecular formula is C18H19ClN2O5. The predicted molar refractivity (Wildman–Crippen MR) is 98.1 cm³/mol. The van der Waals surface area contributed by atoms with E-state index in [1.165, 1.54) is 14.2 Å². The van der Waals surface area contributed by atoms with Crippen molar-refractivity contribution < 1.29 is 23.8 Å². The topological polar surface area (TPSA) is 85.9 Å². The van der Waals surface area contributed by atoms with Crippen LogP contribution in [0.4, 0.5) is 5.69 Å². The lowest BCUT2D eigenvalue weighted by Crippen LogP contribution is -2.35. The molecule has 2 aromatic rings. The van der Waals surface area contributed by atoms with Gasteiger partial charge in [-0.2, -0.15) is 0 Å². The maximum absolute atomic E-state index is 12.0. The van der Waals surface area contributed by atoms with Crippen LogP contribution in [-0.2, 0) is 9.59 Å². The van der Waals surface area contributed by atoms with Crippen LogP contribution in [0.25, 0.3) is 0 Å². The van der Waals surface area contributed by atoms with Crippen molar-refractivity contribution in [2.45, 2.75) is 0 Å². The maximum Gasteiger partial charge on any atom is 0.258 e. The van der Waals surface area contributed by atoms with Crippen LogP contribution in [0.1, 0.15) is 0 Å². The first-order valence-corrected chi connectivity index (χ1v) is 8.06. The minimum atomic E-state index is -0.418. The highest BCUT2D eigenvalue weighted by atomic mass is 35.5. The van der Waals surface area contributed by atoms with E-state index in [2.05, 4.69) is 10.6 Å². The summed E-state index contributed by atoms with van der Waals surface area (Å²) >= 11 is 5.77. The Morgan fingerprint density at radius 1 is 0.923 bits per heavy atom. The Balaban J connectivity index is 1.79. The second-order valence-electron chi connectivity index (χ2n) is 5.17. The van der Waals surface area contributed by atoms with Crippen molar-refractivity contribution in [1.82, 2.24) is 5.32 Å². The van der Waals surface area contributed by atoms with Gasteiger partial charge in [0.25, 0.3) is 5.91 Å². The normalized spacial score (nSPS) is 9.96. The van der Waals surface area contributed by atoms with E-state index in [-0.39, 0.29) is 19.1 Å². The van der Waals surface area contributed by atoms with Crippen molar-refractivity contribution in [1.29, 1.82) is 0 Å². The number of carbonyl (C=O) groups excluding carboxylic acids is 2. The van der Waals surface area contributed by atoms with Crippen LogP contribution in [-0.4, -0.2) is 39.2 Å². The lowest BCUT2D eigenvalue weighted by Gasteiger charge is -2.11. The molecule has 0 aromatic heterocycles. The van der Waals surface area contributed by atoms with Gasteiger partial charge >= 0.3 is 0 Å². The molecule has 0 aliphatic heterocycles. The summed E-state index contributed by atoms with van der Waals surface area (Å²) in [5.41, 5.74) is 0.498. The first kappa shape index (κ1) is 19.4. The number of methoxy groups -OCH3 is 2. The molecule has 2 N–H and O–H groups in total. The second-order valence-corrected chi connectivity index (χ2v) is 5.61. The largest absolute Gasteiger partial charge is 0.497 e. The fourth-order valence-electron chi connectivity index (χ4n) is 1.99. The van der Waals surface area contributed by atoms with Crippen LogP contribution in [0.2, 0.25) is 5.02 Å².